The maximum absolute atomic E-state index is 12.7. The van der Waals surface area contributed by atoms with Crippen molar-refractivity contribution in [2.24, 2.45) is 0 Å². The molecule has 0 saturated carbocycles. The molecule has 1 atom stereocenters. The topological polar surface area (TPSA) is 59.6 Å². The SMILES string of the molecule is CNC(=S)NC(=O)C(C)Oc1ccc(Oc2ccc(C(F)(F)F)cc2Cl)cc1. The van der Waals surface area contributed by atoms with Crippen LogP contribution in [0.2, 0.25) is 5.02 Å². The standard InChI is InChI=1S/C18H16ClF3N2O3S/c1-10(16(25)24-17(28)23-2)26-12-4-6-13(7-5-12)27-15-8-3-11(9-14(15)19)18(20,21)22/h3-10H,1-2H3,(H2,23,24,25,28). The predicted molar refractivity (Wildman–Crippen MR) is 103 cm³/mol. The Bertz CT molecular complexity index is 860. The van der Waals surface area contributed by atoms with E-state index in [4.69, 9.17) is 33.3 Å². The first kappa shape index (κ1) is 21.8. The van der Waals surface area contributed by atoms with Crippen molar-refractivity contribution in [2.75, 3.05) is 7.05 Å². The Morgan fingerprint density at radius 1 is 1.14 bits per heavy atom. The van der Waals surface area contributed by atoms with Crippen LogP contribution in [0.25, 0.3) is 0 Å². The quantitative estimate of drug-likeness (QED) is 0.679. The minimum absolute atomic E-state index is 0.0802. The molecule has 0 saturated heterocycles. The summed E-state index contributed by atoms with van der Waals surface area (Å²) < 4.78 is 49.0. The van der Waals surface area contributed by atoms with Gasteiger partial charge in [-0.05, 0) is 61.6 Å². The highest BCUT2D eigenvalue weighted by Gasteiger charge is 2.31. The zero-order valence-electron chi connectivity index (χ0n) is 14.8. The Hall–Kier alpha value is -2.52. The lowest BCUT2D eigenvalue weighted by Crippen LogP contribution is -2.43. The van der Waals surface area contributed by atoms with E-state index in [9.17, 15) is 18.0 Å². The first-order valence-electron chi connectivity index (χ1n) is 7.94. The maximum Gasteiger partial charge on any atom is 0.416 e. The van der Waals surface area contributed by atoms with Gasteiger partial charge in [0.25, 0.3) is 5.91 Å². The van der Waals surface area contributed by atoms with Crippen LogP contribution in [0, 0.1) is 0 Å². The Labute approximate surface area is 169 Å². The van der Waals surface area contributed by atoms with Crippen LogP contribution in [-0.2, 0) is 11.0 Å². The molecule has 2 aromatic rings. The van der Waals surface area contributed by atoms with Crippen molar-refractivity contribution in [3.63, 3.8) is 0 Å². The highest BCUT2D eigenvalue weighted by Crippen LogP contribution is 2.36. The summed E-state index contributed by atoms with van der Waals surface area (Å²) in [5.41, 5.74) is -0.862. The van der Waals surface area contributed by atoms with Gasteiger partial charge in [-0.3, -0.25) is 10.1 Å². The van der Waals surface area contributed by atoms with E-state index in [0.29, 0.717) is 11.5 Å². The number of carbonyl (C=O) groups excluding carboxylic acids is 1. The third-order valence-electron chi connectivity index (χ3n) is 3.46. The monoisotopic (exact) mass is 432 g/mol. The molecule has 0 spiro atoms. The summed E-state index contributed by atoms with van der Waals surface area (Å²) in [4.78, 5) is 11.9. The lowest BCUT2D eigenvalue weighted by Gasteiger charge is -2.15. The van der Waals surface area contributed by atoms with Crippen molar-refractivity contribution in [1.82, 2.24) is 10.6 Å². The predicted octanol–water partition coefficient (Wildman–Crippen LogP) is 4.54. The number of halogens is 4. The molecule has 1 unspecified atom stereocenters. The van der Waals surface area contributed by atoms with Gasteiger partial charge in [0.1, 0.15) is 17.2 Å². The van der Waals surface area contributed by atoms with E-state index >= 15 is 0 Å². The molecule has 0 radical (unpaired) electrons. The van der Waals surface area contributed by atoms with Crippen molar-refractivity contribution >= 4 is 34.8 Å². The van der Waals surface area contributed by atoms with Crippen LogP contribution in [-0.4, -0.2) is 24.2 Å². The normalized spacial score (nSPS) is 12.1. The molecular formula is C18H16ClF3N2O3S. The van der Waals surface area contributed by atoms with Gasteiger partial charge in [0.15, 0.2) is 11.2 Å². The van der Waals surface area contributed by atoms with E-state index in [2.05, 4.69) is 10.6 Å². The van der Waals surface area contributed by atoms with Crippen molar-refractivity contribution in [1.29, 1.82) is 0 Å². The number of carbonyl (C=O) groups is 1. The summed E-state index contributed by atoms with van der Waals surface area (Å²) in [6, 6.07) is 8.99. The molecule has 0 heterocycles. The molecule has 0 aliphatic rings. The van der Waals surface area contributed by atoms with Gasteiger partial charge in [0.05, 0.1) is 10.6 Å². The zero-order valence-corrected chi connectivity index (χ0v) is 16.3. The van der Waals surface area contributed by atoms with Gasteiger partial charge in [-0.15, -0.1) is 0 Å². The fourth-order valence-corrected chi connectivity index (χ4v) is 2.33. The highest BCUT2D eigenvalue weighted by atomic mass is 35.5. The molecule has 0 fully saturated rings. The van der Waals surface area contributed by atoms with Crippen LogP contribution in [0.4, 0.5) is 13.2 Å². The Kier molecular flexibility index (Phi) is 7.09. The third-order valence-corrected chi connectivity index (χ3v) is 4.06. The van der Waals surface area contributed by atoms with Crippen molar-refractivity contribution in [2.45, 2.75) is 19.2 Å². The zero-order chi connectivity index (χ0) is 20.9. The minimum Gasteiger partial charge on any atom is -0.481 e. The summed E-state index contributed by atoms with van der Waals surface area (Å²) in [6.45, 7) is 1.56. The minimum atomic E-state index is -4.49. The van der Waals surface area contributed by atoms with Gasteiger partial charge in [-0.1, -0.05) is 11.6 Å². The van der Waals surface area contributed by atoms with Gasteiger partial charge in [0.2, 0.25) is 0 Å². The summed E-state index contributed by atoms with van der Waals surface area (Å²) in [6.07, 6.45) is -5.29. The second-order valence-corrected chi connectivity index (χ2v) is 6.36. The highest BCUT2D eigenvalue weighted by molar-refractivity contribution is 7.80. The Balaban J connectivity index is 2.01. The second-order valence-electron chi connectivity index (χ2n) is 5.54. The summed E-state index contributed by atoms with van der Waals surface area (Å²) in [5, 5.41) is 5.08. The number of ether oxygens (including phenoxy) is 2. The molecule has 2 N–H and O–H groups in total. The Morgan fingerprint density at radius 2 is 1.75 bits per heavy atom. The van der Waals surface area contributed by atoms with Gasteiger partial charge < -0.3 is 14.8 Å². The fraction of sp³-hybridized carbons (Fsp3) is 0.222. The largest absolute Gasteiger partial charge is 0.481 e. The molecule has 10 heteroatoms. The van der Waals surface area contributed by atoms with Gasteiger partial charge in [-0.25, -0.2) is 0 Å². The molecule has 150 valence electrons. The Morgan fingerprint density at radius 3 is 2.29 bits per heavy atom. The molecule has 28 heavy (non-hydrogen) atoms. The van der Waals surface area contributed by atoms with Gasteiger partial charge in [-0.2, -0.15) is 13.2 Å². The number of benzene rings is 2. The lowest BCUT2D eigenvalue weighted by atomic mass is 10.2. The van der Waals surface area contributed by atoms with Crippen LogP contribution in [0.5, 0.6) is 17.2 Å². The molecular weight excluding hydrogens is 417 g/mol. The molecule has 0 aromatic heterocycles. The average Bonchev–Trinajstić information content (AvgIpc) is 2.63. The number of hydrogen-bond acceptors (Lipinski definition) is 4. The van der Waals surface area contributed by atoms with E-state index < -0.39 is 23.8 Å². The van der Waals surface area contributed by atoms with E-state index in [-0.39, 0.29) is 15.9 Å². The van der Waals surface area contributed by atoms with E-state index in [1.54, 1.807) is 26.1 Å². The molecule has 5 nitrogen and oxygen atoms in total. The van der Waals surface area contributed by atoms with Gasteiger partial charge in [0, 0.05) is 7.05 Å². The molecule has 0 aliphatic heterocycles. The number of alkyl halides is 3. The second kappa shape index (κ2) is 9.11. The van der Waals surface area contributed by atoms with Crippen molar-refractivity contribution < 1.29 is 27.4 Å². The summed E-state index contributed by atoms with van der Waals surface area (Å²) >= 11 is 10.7. The van der Waals surface area contributed by atoms with E-state index in [0.717, 1.165) is 18.2 Å². The molecule has 2 aromatic carbocycles. The summed E-state index contributed by atoms with van der Waals surface area (Å²) in [5.74, 6) is 0.388. The number of thiocarbonyl (C=S) groups is 1. The van der Waals surface area contributed by atoms with Crippen LogP contribution >= 0.6 is 23.8 Å². The fourth-order valence-electron chi connectivity index (χ4n) is 2.01. The molecule has 0 bridgehead atoms. The van der Waals surface area contributed by atoms with E-state index in [1.165, 1.54) is 12.1 Å². The maximum atomic E-state index is 12.7. The van der Waals surface area contributed by atoms with Crippen molar-refractivity contribution in [3.05, 3.63) is 53.1 Å². The van der Waals surface area contributed by atoms with Gasteiger partial charge >= 0.3 is 6.18 Å². The first-order chi connectivity index (χ1) is 13.1. The van der Waals surface area contributed by atoms with Crippen LogP contribution in [0.15, 0.2) is 42.5 Å². The number of nitrogens with one attached hydrogen (secondary N) is 2. The first-order valence-corrected chi connectivity index (χ1v) is 8.72. The average molecular weight is 433 g/mol. The van der Waals surface area contributed by atoms with Crippen LogP contribution in [0.3, 0.4) is 0 Å². The van der Waals surface area contributed by atoms with Crippen molar-refractivity contribution in [3.8, 4) is 17.2 Å². The number of amides is 1. The third kappa shape index (κ3) is 6.00. The van der Waals surface area contributed by atoms with Crippen LogP contribution < -0.4 is 20.1 Å². The lowest BCUT2D eigenvalue weighted by molar-refractivity contribution is -0.137. The van der Waals surface area contributed by atoms with E-state index in [1.807, 2.05) is 0 Å². The molecule has 0 aliphatic carbocycles. The molecule has 2 rings (SSSR count). The smallest absolute Gasteiger partial charge is 0.416 e. The number of hydrogen-bond donors (Lipinski definition) is 2. The van der Waals surface area contributed by atoms with Crippen LogP contribution in [0.1, 0.15) is 12.5 Å². The molecule has 1 amide bonds. The summed E-state index contributed by atoms with van der Waals surface area (Å²) in [7, 11) is 1.58. The number of rotatable bonds is 5.